The van der Waals surface area contributed by atoms with Crippen molar-refractivity contribution in [2.24, 2.45) is 0 Å². The Balaban J connectivity index is 1.78. The number of carbonyl (C=O) groups excluding carboxylic acids is 2. The molecule has 9 nitrogen and oxygen atoms in total. The van der Waals surface area contributed by atoms with E-state index in [4.69, 9.17) is 4.42 Å². The standard InChI is InChI=1S/C12H10N4O5S/c17-10(7-3-4-8(21-7)16(19)20)15-12-14-6-2-1-5-13-11(18)9(6)22-12/h3-4H,1-2,5H2,(H,13,18)(H,14,15,17). The lowest BCUT2D eigenvalue weighted by atomic mass is 10.2. The molecule has 2 aromatic heterocycles. The highest BCUT2D eigenvalue weighted by Gasteiger charge is 2.23. The maximum atomic E-state index is 12.0. The number of nitrogens with one attached hydrogen (secondary N) is 2. The number of hydrogen-bond acceptors (Lipinski definition) is 7. The molecule has 0 saturated heterocycles. The van der Waals surface area contributed by atoms with E-state index in [0.29, 0.717) is 23.5 Å². The quantitative estimate of drug-likeness (QED) is 0.652. The van der Waals surface area contributed by atoms with Crippen molar-refractivity contribution in [1.29, 1.82) is 0 Å². The summed E-state index contributed by atoms with van der Waals surface area (Å²) in [5, 5.41) is 16.0. The summed E-state index contributed by atoms with van der Waals surface area (Å²) in [6.45, 7) is 0.597. The smallest absolute Gasteiger partial charge is 0.395 e. The maximum Gasteiger partial charge on any atom is 0.433 e. The van der Waals surface area contributed by atoms with E-state index in [1.165, 1.54) is 6.07 Å². The number of hydrogen-bond donors (Lipinski definition) is 2. The largest absolute Gasteiger partial charge is 0.433 e. The summed E-state index contributed by atoms with van der Waals surface area (Å²) in [6, 6.07) is 2.30. The number of furan rings is 1. The van der Waals surface area contributed by atoms with Crippen LogP contribution in [0.1, 0.15) is 32.3 Å². The number of aryl methyl sites for hydroxylation is 1. The molecule has 2 aromatic rings. The molecular weight excluding hydrogens is 312 g/mol. The van der Waals surface area contributed by atoms with Crippen molar-refractivity contribution in [2.75, 3.05) is 11.9 Å². The third-order valence-electron chi connectivity index (χ3n) is 3.00. The molecule has 22 heavy (non-hydrogen) atoms. The highest BCUT2D eigenvalue weighted by atomic mass is 32.1. The topological polar surface area (TPSA) is 127 Å². The zero-order valence-electron chi connectivity index (χ0n) is 11.1. The van der Waals surface area contributed by atoms with Crippen LogP contribution in [0, 0.1) is 10.1 Å². The van der Waals surface area contributed by atoms with Gasteiger partial charge in [-0.1, -0.05) is 11.3 Å². The van der Waals surface area contributed by atoms with Gasteiger partial charge in [0, 0.05) is 6.54 Å². The maximum absolute atomic E-state index is 12.0. The summed E-state index contributed by atoms with van der Waals surface area (Å²) < 4.78 is 4.81. The summed E-state index contributed by atoms with van der Waals surface area (Å²) in [6.07, 6.45) is 1.42. The molecule has 1 aliphatic heterocycles. The minimum absolute atomic E-state index is 0.193. The molecule has 0 aliphatic carbocycles. The Morgan fingerprint density at radius 1 is 1.50 bits per heavy atom. The molecule has 3 rings (SSSR count). The third kappa shape index (κ3) is 2.68. The van der Waals surface area contributed by atoms with Crippen LogP contribution in [-0.4, -0.2) is 28.3 Å². The first kappa shape index (κ1) is 14.2. The Bertz CT molecular complexity index is 765. The van der Waals surface area contributed by atoms with Crippen LogP contribution in [-0.2, 0) is 6.42 Å². The van der Waals surface area contributed by atoms with Gasteiger partial charge in [-0.3, -0.25) is 25.0 Å². The van der Waals surface area contributed by atoms with Crippen LogP contribution in [0.25, 0.3) is 0 Å². The number of rotatable bonds is 3. The van der Waals surface area contributed by atoms with Crippen LogP contribution in [0.15, 0.2) is 16.5 Å². The lowest BCUT2D eigenvalue weighted by Crippen LogP contribution is -2.21. The SMILES string of the molecule is O=C(Nc1nc2c(s1)C(=O)NCCC2)c1ccc([N+](=O)[O-])o1. The molecule has 2 amide bonds. The van der Waals surface area contributed by atoms with E-state index in [-0.39, 0.29) is 16.8 Å². The number of nitrogens with zero attached hydrogens (tertiary/aromatic N) is 2. The van der Waals surface area contributed by atoms with Gasteiger partial charge in [-0.05, 0) is 18.9 Å². The molecule has 3 heterocycles. The van der Waals surface area contributed by atoms with Gasteiger partial charge in [-0.2, -0.15) is 0 Å². The van der Waals surface area contributed by atoms with E-state index >= 15 is 0 Å². The lowest BCUT2D eigenvalue weighted by molar-refractivity contribution is -0.402. The number of nitro groups is 1. The van der Waals surface area contributed by atoms with Crippen molar-refractivity contribution in [3.05, 3.63) is 38.6 Å². The first-order chi connectivity index (χ1) is 10.5. The van der Waals surface area contributed by atoms with Gasteiger partial charge < -0.3 is 9.73 Å². The van der Waals surface area contributed by atoms with Gasteiger partial charge in [-0.15, -0.1) is 0 Å². The summed E-state index contributed by atoms with van der Waals surface area (Å²) >= 11 is 1.06. The third-order valence-corrected chi connectivity index (χ3v) is 4.01. The van der Waals surface area contributed by atoms with Gasteiger partial charge in [0.2, 0.25) is 0 Å². The second-order valence-electron chi connectivity index (χ2n) is 4.50. The molecule has 0 radical (unpaired) electrons. The van der Waals surface area contributed by atoms with Gasteiger partial charge in [0.15, 0.2) is 10.9 Å². The van der Waals surface area contributed by atoms with Crippen LogP contribution >= 0.6 is 11.3 Å². The summed E-state index contributed by atoms with van der Waals surface area (Å²) in [5.41, 5.74) is 0.640. The van der Waals surface area contributed by atoms with E-state index < -0.39 is 16.7 Å². The van der Waals surface area contributed by atoms with Crippen LogP contribution < -0.4 is 10.6 Å². The molecule has 0 atom stereocenters. The Morgan fingerprint density at radius 2 is 2.32 bits per heavy atom. The zero-order valence-corrected chi connectivity index (χ0v) is 11.9. The van der Waals surface area contributed by atoms with Gasteiger partial charge in [0.1, 0.15) is 9.80 Å². The molecule has 0 bridgehead atoms. The summed E-state index contributed by atoms with van der Waals surface area (Å²) in [5.74, 6) is -1.57. The van der Waals surface area contributed by atoms with Crippen molar-refractivity contribution in [1.82, 2.24) is 10.3 Å². The number of amides is 2. The molecule has 0 fully saturated rings. The van der Waals surface area contributed by atoms with Crippen molar-refractivity contribution in [2.45, 2.75) is 12.8 Å². The minimum Gasteiger partial charge on any atom is -0.395 e. The fourth-order valence-electron chi connectivity index (χ4n) is 2.00. The molecule has 114 valence electrons. The lowest BCUT2D eigenvalue weighted by Gasteiger charge is -1.98. The monoisotopic (exact) mass is 322 g/mol. The highest BCUT2D eigenvalue weighted by molar-refractivity contribution is 7.17. The van der Waals surface area contributed by atoms with Crippen LogP contribution in [0.3, 0.4) is 0 Å². The van der Waals surface area contributed by atoms with E-state index in [9.17, 15) is 19.7 Å². The van der Waals surface area contributed by atoms with Gasteiger partial charge in [0.05, 0.1) is 11.8 Å². The summed E-state index contributed by atoms with van der Waals surface area (Å²) in [4.78, 5) is 38.2. The van der Waals surface area contributed by atoms with Crippen molar-refractivity contribution >= 4 is 34.2 Å². The normalized spacial score (nSPS) is 13.9. The second kappa shape index (κ2) is 5.56. The van der Waals surface area contributed by atoms with Crippen molar-refractivity contribution < 1.29 is 18.9 Å². The number of thiazole rings is 1. The molecule has 2 N–H and O–H groups in total. The number of carbonyl (C=O) groups is 2. The number of anilines is 1. The van der Waals surface area contributed by atoms with Gasteiger partial charge >= 0.3 is 5.88 Å². The first-order valence-electron chi connectivity index (χ1n) is 6.38. The fourth-order valence-corrected chi connectivity index (χ4v) is 2.92. The predicted octanol–water partition coefficient (Wildman–Crippen LogP) is 1.57. The fraction of sp³-hybridized carbons (Fsp3) is 0.250. The molecule has 0 saturated carbocycles. The Labute approximate surface area is 127 Å². The van der Waals surface area contributed by atoms with Gasteiger partial charge in [0.25, 0.3) is 11.8 Å². The summed E-state index contributed by atoms with van der Waals surface area (Å²) in [7, 11) is 0. The molecule has 10 heteroatoms. The minimum atomic E-state index is -0.729. The van der Waals surface area contributed by atoms with E-state index in [1.807, 2.05) is 0 Å². The number of aromatic nitrogens is 1. The molecule has 0 aromatic carbocycles. The zero-order chi connectivity index (χ0) is 15.7. The van der Waals surface area contributed by atoms with Crippen LogP contribution in [0.2, 0.25) is 0 Å². The molecule has 1 aliphatic rings. The highest BCUT2D eigenvalue weighted by Crippen LogP contribution is 2.26. The van der Waals surface area contributed by atoms with Crippen molar-refractivity contribution in [3.63, 3.8) is 0 Å². The average molecular weight is 322 g/mol. The van der Waals surface area contributed by atoms with Crippen LogP contribution in [0.5, 0.6) is 0 Å². The molecule has 0 spiro atoms. The molecule has 0 unspecified atom stereocenters. The second-order valence-corrected chi connectivity index (χ2v) is 5.50. The number of fused-ring (bicyclic) bond motifs is 1. The van der Waals surface area contributed by atoms with Crippen LogP contribution in [0.4, 0.5) is 11.0 Å². The van der Waals surface area contributed by atoms with Gasteiger partial charge in [-0.25, -0.2) is 4.98 Å². The Hall–Kier alpha value is -2.75. The Morgan fingerprint density at radius 3 is 3.05 bits per heavy atom. The first-order valence-corrected chi connectivity index (χ1v) is 7.20. The average Bonchev–Trinajstić information content (AvgIpc) is 3.07. The van der Waals surface area contributed by atoms with E-state index in [1.54, 1.807) is 0 Å². The predicted molar refractivity (Wildman–Crippen MR) is 76.1 cm³/mol. The van der Waals surface area contributed by atoms with Crippen molar-refractivity contribution in [3.8, 4) is 0 Å². The Kier molecular flexibility index (Phi) is 3.59. The van der Waals surface area contributed by atoms with E-state index in [0.717, 1.165) is 23.8 Å². The molecular formula is C12H10N4O5S. The van der Waals surface area contributed by atoms with E-state index in [2.05, 4.69) is 15.6 Å².